The molecular formula is C20H17FN4O. The molecule has 2 aromatic heterocycles. The zero-order valence-corrected chi connectivity index (χ0v) is 14.1. The Balaban J connectivity index is 1.49. The second-order valence-electron chi connectivity index (χ2n) is 6.38. The maximum Gasteiger partial charge on any atom is 0.235 e. The molecule has 3 aromatic rings. The van der Waals surface area contributed by atoms with Crippen molar-refractivity contribution in [2.45, 2.75) is 31.9 Å². The predicted octanol–water partition coefficient (Wildman–Crippen LogP) is 3.79. The van der Waals surface area contributed by atoms with Crippen LogP contribution in [0.5, 0.6) is 5.88 Å². The Hall–Kier alpha value is -3.20. The highest BCUT2D eigenvalue weighted by molar-refractivity contribution is 5.36. The first-order valence-corrected chi connectivity index (χ1v) is 8.51. The van der Waals surface area contributed by atoms with Gasteiger partial charge in [0.05, 0.1) is 11.9 Å². The molecule has 0 unspecified atom stereocenters. The predicted molar refractivity (Wildman–Crippen MR) is 93.0 cm³/mol. The Labute approximate surface area is 150 Å². The topological polar surface area (TPSA) is 63.7 Å². The number of nitrogens with zero attached hydrogens (tertiary/aromatic N) is 4. The van der Waals surface area contributed by atoms with Crippen LogP contribution in [-0.4, -0.2) is 14.5 Å². The van der Waals surface area contributed by atoms with Gasteiger partial charge in [-0.3, -0.25) is 0 Å². The van der Waals surface area contributed by atoms with E-state index in [1.165, 1.54) is 18.3 Å². The second kappa shape index (κ2) is 6.96. The van der Waals surface area contributed by atoms with Gasteiger partial charge in [0.15, 0.2) is 0 Å². The molecule has 6 heteroatoms. The number of hydrogen-bond donors (Lipinski definition) is 0. The summed E-state index contributed by atoms with van der Waals surface area (Å²) in [5.74, 6) is 1.23. The van der Waals surface area contributed by atoms with Gasteiger partial charge in [-0.1, -0.05) is 12.1 Å². The van der Waals surface area contributed by atoms with Gasteiger partial charge in [-0.25, -0.2) is 9.37 Å². The van der Waals surface area contributed by atoms with Crippen molar-refractivity contribution in [1.29, 1.82) is 5.26 Å². The van der Waals surface area contributed by atoms with Gasteiger partial charge < -0.3 is 9.30 Å². The minimum Gasteiger partial charge on any atom is -0.470 e. The first-order valence-electron chi connectivity index (χ1n) is 8.51. The third kappa shape index (κ3) is 3.57. The number of benzene rings is 1. The fraction of sp³-hybridized carbons (Fsp3) is 0.250. The molecule has 0 spiro atoms. The molecule has 0 bridgehead atoms. The third-order valence-corrected chi connectivity index (χ3v) is 4.38. The van der Waals surface area contributed by atoms with E-state index in [1.807, 2.05) is 22.9 Å². The summed E-state index contributed by atoms with van der Waals surface area (Å²) in [7, 11) is 0. The van der Waals surface area contributed by atoms with E-state index in [0.717, 1.165) is 29.9 Å². The van der Waals surface area contributed by atoms with Crippen molar-refractivity contribution in [1.82, 2.24) is 14.5 Å². The van der Waals surface area contributed by atoms with Gasteiger partial charge in [-0.2, -0.15) is 10.2 Å². The van der Waals surface area contributed by atoms with Crippen molar-refractivity contribution in [3.63, 3.8) is 0 Å². The van der Waals surface area contributed by atoms with Crippen LogP contribution in [0.4, 0.5) is 4.39 Å². The van der Waals surface area contributed by atoms with Crippen LogP contribution < -0.4 is 4.74 Å². The summed E-state index contributed by atoms with van der Waals surface area (Å²) >= 11 is 0. The summed E-state index contributed by atoms with van der Waals surface area (Å²) in [5, 5.41) is 9.25. The smallest absolute Gasteiger partial charge is 0.235 e. The maximum absolute atomic E-state index is 13.1. The minimum atomic E-state index is -0.246. The molecule has 2 heterocycles. The first kappa shape index (κ1) is 16.3. The van der Waals surface area contributed by atoms with Crippen LogP contribution in [0.15, 0.2) is 48.8 Å². The summed E-state index contributed by atoms with van der Waals surface area (Å²) in [5.41, 5.74) is 2.29. The molecule has 4 rings (SSSR count). The van der Waals surface area contributed by atoms with Gasteiger partial charge in [0, 0.05) is 18.7 Å². The van der Waals surface area contributed by atoms with Gasteiger partial charge >= 0.3 is 0 Å². The SMILES string of the molecule is N#Cc1cnc(C2CC2)nc1OCc1cccn1Cc1ccc(F)cc1. The van der Waals surface area contributed by atoms with E-state index in [2.05, 4.69) is 16.0 Å². The summed E-state index contributed by atoms with van der Waals surface area (Å²) in [4.78, 5) is 8.67. The fourth-order valence-electron chi connectivity index (χ4n) is 2.77. The molecule has 0 N–H and O–H groups in total. The Morgan fingerprint density at radius 1 is 1.23 bits per heavy atom. The van der Waals surface area contributed by atoms with Crippen LogP contribution in [0.1, 0.15) is 41.4 Å². The largest absolute Gasteiger partial charge is 0.470 e. The van der Waals surface area contributed by atoms with Crippen LogP contribution in [0.25, 0.3) is 0 Å². The molecule has 0 radical (unpaired) electrons. The molecule has 1 aromatic carbocycles. The van der Waals surface area contributed by atoms with Gasteiger partial charge in [0.2, 0.25) is 5.88 Å². The van der Waals surface area contributed by atoms with E-state index < -0.39 is 0 Å². The van der Waals surface area contributed by atoms with E-state index in [-0.39, 0.29) is 5.82 Å². The molecule has 1 aliphatic carbocycles. The zero-order valence-electron chi connectivity index (χ0n) is 14.1. The van der Waals surface area contributed by atoms with E-state index in [0.29, 0.717) is 30.5 Å². The van der Waals surface area contributed by atoms with Crippen LogP contribution in [0.2, 0.25) is 0 Å². The summed E-state index contributed by atoms with van der Waals surface area (Å²) in [6.45, 7) is 0.915. The number of hydrogen-bond acceptors (Lipinski definition) is 4. The molecule has 1 aliphatic rings. The average Bonchev–Trinajstić information content (AvgIpc) is 3.42. The highest BCUT2D eigenvalue weighted by Gasteiger charge is 2.27. The van der Waals surface area contributed by atoms with Gasteiger partial charge in [-0.05, 0) is 42.7 Å². The molecule has 0 atom stereocenters. The van der Waals surface area contributed by atoms with Crippen molar-refractivity contribution in [2.75, 3.05) is 0 Å². The van der Waals surface area contributed by atoms with Gasteiger partial charge in [0.1, 0.15) is 29.9 Å². The quantitative estimate of drug-likeness (QED) is 0.680. The maximum atomic E-state index is 13.1. The number of halogens is 1. The Morgan fingerprint density at radius 2 is 2.04 bits per heavy atom. The third-order valence-electron chi connectivity index (χ3n) is 4.38. The monoisotopic (exact) mass is 348 g/mol. The van der Waals surface area contributed by atoms with Crippen LogP contribution in [0, 0.1) is 17.1 Å². The minimum absolute atomic E-state index is 0.246. The van der Waals surface area contributed by atoms with Gasteiger partial charge in [-0.15, -0.1) is 0 Å². The van der Waals surface area contributed by atoms with E-state index in [9.17, 15) is 9.65 Å². The second-order valence-corrected chi connectivity index (χ2v) is 6.38. The molecule has 0 aliphatic heterocycles. The normalized spacial score (nSPS) is 13.4. The number of nitriles is 1. The van der Waals surface area contributed by atoms with Crippen molar-refractivity contribution in [3.05, 3.63) is 77.3 Å². The Morgan fingerprint density at radius 3 is 2.77 bits per heavy atom. The van der Waals surface area contributed by atoms with Crippen molar-refractivity contribution < 1.29 is 9.13 Å². The van der Waals surface area contributed by atoms with Gasteiger partial charge in [0.25, 0.3) is 0 Å². The lowest BCUT2D eigenvalue weighted by Crippen LogP contribution is -2.08. The van der Waals surface area contributed by atoms with Crippen LogP contribution in [-0.2, 0) is 13.2 Å². The highest BCUT2D eigenvalue weighted by atomic mass is 19.1. The Bertz CT molecular complexity index is 955. The molecule has 26 heavy (non-hydrogen) atoms. The average molecular weight is 348 g/mol. The summed E-state index contributed by atoms with van der Waals surface area (Å²) < 4.78 is 20.9. The number of aromatic nitrogens is 3. The van der Waals surface area contributed by atoms with Crippen LogP contribution >= 0.6 is 0 Å². The molecule has 1 saturated carbocycles. The highest BCUT2D eigenvalue weighted by Crippen LogP contribution is 2.38. The van der Waals surface area contributed by atoms with E-state index in [1.54, 1.807) is 12.1 Å². The lowest BCUT2D eigenvalue weighted by Gasteiger charge is -2.11. The molecule has 5 nitrogen and oxygen atoms in total. The van der Waals surface area contributed by atoms with Crippen molar-refractivity contribution >= 4 is 0 Å². The molecule has 0 amide bonds. The zero-order chi connectivity index (χ0) is 17.9. The lowest BCUT2D eigenvalue weighted by molar-refractivity contribution is 0.281. The molecule has 1 fully saturated rings. The van der Waals surface area contributed by atoms with E-state index >= 15 is 0 Å². The molecular weight excluding hydrogens is 331 g/mol. The molecule has 130 valence electrons. The number of ether oxygens (including phenoxy) is 1. The number of rotatable bonds is 6. The van der Waals surface area contributed by atoms with E-state index in [4.69, 9.17) is 4.74 Å². The van der Waals surface area contributed by atoms with Crippen molar-refractivity contribution in [3.8, 4) is 11.9 Å². The first-order chi connectivity index (χ1) is 12.7. The molecule has 0 saturated heterocycles. The van der Waals surface area contributed by atoms with Crippen molar-refractivity contribution in [2.24, 2.45) is 0 Å². The Kier molecular flexibility index (Phi) is 4.36. The summed E-state index contributed by atoms with van der Waals surface area (Å²) in [6, 6.07) is 12.4. The summed E-state index contributed by atoms with van der Waals surface area (Å²) in [6.07, 6.45) is 5.66. The fourth-order valence-corrected chi connectivity index (χ4v) is 2.77. The standard InChI is InChI=1S/C20H17FN4O/c21-17-7-3-14(4-8-17)12-25-9-1-2-18(25)13-26-20-16(10-22)11-23-19(24-20)15-5-6-15/h1-4,7-9,11,15H,5-6,12-13H2. The lowest BCUT2D eigenvalue weighted by atomic mass is 10.2. The van der Waals surface area contributed by atoms with Crippen LogP contribution in [0.3, 0.4) is 0 Å².